The summed E-state index contributed by atoms with van der Waals surface area (Å²) < 4.78 is 16.8. The second kappa shape index (κ2) is 6.26. The van der Waals surface area contributed by atoms with Crippen molar-refractivity contribution in [3.63, 3.8) is 0 Å². The van der Waals surface area contributed by atoms with Gasteiger partial charge >= 0.3 is 6.16 Å². The summed E-state index contributed by atoms with van der Waals surface area (Å²) in [6.07, 6.45) is -0.848. The van der Waals surface area contributed by atoms with Crippen LogP contribution in [0.4, 0.5) is 4.79 Å². The van der Waals surface area contributed by atoms with Gasteiger partial charge < -0.3 is 14.2 Å². The van der Waals surface area contributed by atoms with Crippen LogP contribution in [0.3, 0.4) is 0 Å². The summed E-state index contributed by atoms with van der Waals surface area (Å²) in [6.45, 7) is 1.87. The van der Waals surface area contributed by atoms with Crippen molar-refractivity contribution in [3.05, 3.63) is 46.6 Å². The lowest BCUT2D eigenvalue weighted by Gasteiger charge is -2.10. The zero-order chi connectivity index (χ0) is 16.4. The summed E-state index contributed by atoms with van der Waals surface area (Å²) in [4.78, 5) is 24.4. The fraction of sp³-hybridized carbons (Fsp3) is 0.176. The Hall–Kier alpha value is -2.60. The lowest BCUT2D eigenvalue weighted by molar-refractivity contribution is 0.105. The molecule has 1 heterocycles. The second-order valence-corrected chi connectivity index (χ2v) is 5.79. The molecule has 3 aromatic rings. The van der Waals surface area contributed by atoms with Gasteiger partial charge in [-0.15, -0.1) is 11.3 Å². The Bertz CT molecular complexity index is 945. The Morgan fingerprint density at radius 3 is 2.70 bits per heavy atom. The van der Waals surface area contributed by atoms with Gasteiger partial charge in [-0.25, -0.2) is 4.79 Å². The van der Waals surface area contributed by atoms with E-state index >= 15 is 0 Å². The van der Waals surface area contributed by atoms with E-state index in [4.69, 9.17) is 14.2 Å². The first-order valence-corrected chi connectivity index (χ1v) is 7.84. The maximum absolute atomic E-state index is 12.8. The summed E-state index contributed by atoms with van der Waals surface area (Å²) in [5.74, 6) is 0.646. The Labute approximate surface area is 136 Å². The molecule has 0 atom stereocenters. The SMILES string of the molecule is CCOC(=O)Oc1cc(OC)cc2sc3ccccc3c(=O)c12. The van der Waals surface area contributed by atoms with E-state index in [0.717, 1.165) is 4.70 Å². The average molecular weight is 330 g/mol. The Morgan fingerprint density at radius 2 is 1.96 bits per heavy atom. The minimum absolute atomic E-state index is 0.143. The molecule has 0 saturated carbocycles. The van der Waals surface area contributed by atoms with Crippen LogP contribution in [0.25, 0.3) is 20.2 Å². The van der Waals surface area contributed by atoms with E-state index in [2.05, 4.69) is 0 Å². The number of benzene rings is 2. The monoisotopic (exact) mass is 330 g/mol. The van der Waals surface area contributed by atoms with Gasteiger partial charge in [0.1, 0.15) is 5.75 Å². The van der Waals surface area contributed by atoms with Crippen molar-refractivity contribution < 1.29 is 19.0 Å². The minimum Gasteiger partial charge on any atom is -0.497 e. The highest BCUT2D eigenvalue weighted by molar-refractivity contribution is 7.24. The highest BCUT2D eigenvalue weighted by atomic mass is 32.1. The van der Waals surface area contributed by atoms with Crippen LogP contribution in [-0.4, -0.2) is 19.9 Å². The molecule has 0 bridgehead atoms. The number of carbonyl (C=O) groups excluding carboxylic acids is 1. The zero-order valence-corrected chi connectivity index (χ0v) is 13.4. The van der Waals surface area contributed by atoms with Gasteiger partial charge in [0.05, 0.1) is 19.1 Å². The summed E-state index contributed by atoms with van der Waals surface area (Å²) in [7, 11) is 1.51. The van der Waals surface area contributed by atoms with Gasteiger partial charge in [0.2, 0.25) is 0 Å². The molecule has 1 aromatic heterocycles. The smallest absolute Gasteiger partial charge is 0.497 e. The number of ether oxygens (including phenoxy) is 3. The summed E-state index contributed by atoms with van der Waals surface area (Å²) in [6, 6.07) is 10.6. The number of carbonyl (C=O) groups is 1. The standard InChI is InChI=1S/C17H14O5S/c1-3-21-17(19)22-12-8-10(20-2)9-14-15(12)16(18)11-6-4-5-7-13(11)23-14/h4-9H,3H2,1-2H3. The third kappa shape index (κ3) is 2.85. The number of hydrogen-bond acceptors (Lipinski definition) is 6. The predicted molar refractivity (Wildman–Crippen MR) is 89.8 cm³/mol. The van der Waals surface area contributed by atoms with E-state index in [-0.39, 0.29) is 17.8 Å². The molecule has 6 heteroatoms. The van der Waals surface area contributed by atoms with Crippen LogP contribution in [0, 0.1) is 0 Å². The fourth-order valence-corrected chi connectivity index (χ4v) is 3.43. The molecule has 0 aliphatic carbocycles. The lowest BCUT2D eigenvalue weighted by atomic mass is 10.1. The molecule has 5 nitrogen and oxygen atoms in total. The normalized spacial score (nSPS) is 10.7. The maximum Gasteiger partial charge on any atom is 0.513 e. The predicted octanol–water partition coefficient (Wildman–Crippen LogP) is 3.96. The molecule has 3 rings (SSSR count). The summed E-state index contributed by atoms with van der Waals surface area (Å²) in [5, 5.41) is 0.937. The maximum atomic E-state index is 12.8. The molecule has 0 saturated heterocycles. The van der Waals surface area contributed by atoms with Crippen LogP contribution in [0.15, 0.2) is 41.2 Å². The van der Waals surface area contributed by atoms with Crippen molar-refractivity contribution in [3.8, 4) is 11.5 Å². The van der Waals surface area contributed by atoms with Crippen LogP contribution in [-0.2, 0) is 4.74 Å². The minimum atomic E-state index is -0.848. The highest BCUT2D eigenvalue weighted by Crippen LogP contribution is 2.34. The van der Waals surface area contributed by atoms with Crippen molar-refractivity contribution in [2.24, 2.45) is 0 Å². The Kier molecular flexibility index (Phi) is 4.16. The largest absolute Gasteiger partial charge is 0.513 e. The zero-order valence-electron chi connectivity index (χ0n) is 12.6. The Morgan fingerprint density at radius 1 is 1.17 bits per heavy atom. The van der Waals surface area contributed by atoms with Gasteiger partial charge in [-0.1, -0.05) is 12.1 Å². The van der Waals surface area contributed by atoms with Gasteiger partial charge in [-0.05, 0) is 25.1 Å². The van der Waals surface area contributed by atoms with Gasteiger partial charge in [0, 0.05) is 20.9 Å². The Balaban J connectivity index is 2.30. The molecule has 118 valence electrons. The number of hydrogen-bond donors (Lipinski definition) is 0. The number of fused-ring (bicyclic) bond motifs is 2. The first-order chi connectivity index (χ1) is 11.1. The third-order valence-electron chi connectivity index (χ3n) is 3.31. The highest BCUT2D eigenvalue weighted by Gasteiger charge is 2.16. The van der Waals surface area contributed by atoms with E-state index in [9.17, 15) is 9.59 Å². The van der Waals surface area contributed by atoms with Crippen LogP contribution < -0.4 is 14.9 Å². The van der Waals surface area contributed by atoms with Gasteiger partial charge in [-0.3, -0.25) is 4.79 Å². The van der Waals surface area contributed by atoms with Gasteiger partial charge in [-0.2, -0.15) is 0 Å². The summed E-state index contributed by atoms with van der Waals surface area (Å²) in [5.41, 5.74) is -0.184. The van der Waals surface area contributed by atoms with E-state index in [0.29, 0.717) is 21.2 Å². The molecule has 2 aromatic carbocycles. The molecule has 0 N–H and O–H groups in total. The first-order valence-electron chi connectivity index (χ1n) is 7.02. The van der Waals surface area contributed by atoms with E-state index in [1.165, 1.54) is 24.5 Å². The topological polar surface area (TPSA) is 61.8 Å². The first kappa shape index (κ1) is 15.3. The van der Waals surface area contributed by atoms with Crippen LogP contribution in [0.1, 0.15) is 6.92 Å². The molecule has 0 aliphatic heterocycles. The molecule has 0 fully saturated rings. The summed E-state index contributed by atoms with van der Waals surface area (Å²) >= 11 is 1.44. The number of methoxy groups -OCH3 is 1. The molecule has 0 radical (unpaired) electrons. The number of rotatable bonds is 3. The molecule has 0 aliphatic rings. The molecule has 0 unspecified atom stereocenters. The van der Waals surface area contributed by atoms with Crippen LogP contribution >= 0.6 is 11.3 Å². The molecular weight excluding hydrogens is 316 g/mol. The average Bonchev–Trinajstić information content (AvgIpc) is 2.54. The lowest BCUT2D eigenvalue weighted by Crippen LogP contribution is -2.12. The molecule has 0 amide bonds. The van der Waals surface area contributed by atoms with Crippen molar-refractivity contribution in [2.45, 2.75) is 6.92 Å². The van der Waals surface area contributed by atoms with Gasteiger partial charge in [0.25, 0.3) is 0 Å². The van der Waals surface area contributed by atoms with E-state index < -0.39 is 6.16 Å². The van der Waals surface area contributed by atoms with Crippen LogP contribution in [0.2, 0.25) is 0 Å². The van der Waals surface area contributed by atoms with Crippen molar-refractivity contribution in [2.75, 3.05) is 13.7 Å². The van der Waals surface area contributed by atoms with Crippen molar-refractivity contribution in [1.29, 1.82) is 0 Å². The van der Waals surface area contributed by atoms with Crippen LogP contribution in [0.5, 0.6) is 11.5 Å². The third-order valence-corrected chi connectivity index (χ3v) is 4.43. The molecule has 0 spiro atoms. The fourth-order valence-electron chi connectivity index (χ4n) is 2.30. The molecule has 23 heavy (non-hydrogen) atoms. The molecular formula is C17H14O5S. The second-order valence-electron chi connectivity index (χ2n) is 4.71. The quantitative estimate of drug-likeness (QED) is 0.413. The van der Waals surface area contributed by atoms with E-state index in [1.807, 2.05) is 12.1 Å². The van der Waals surface area contributed by atoms with Crippen molar-refractivity contribution >= 4 is 37.7 Å². The van der Waals surface area contributed by atoms with Crippen molar-refractivity contribution in [1.82, 2.24) is 0 Å². The van der Waals surface area contributed by atoms with E-state index in [1.54, 1.807) is 25.1 Å². The van der Waals surface area contributed by atoms with Gasteiger partial charge in [0.15, 0.2) is 11.2 Å².